The third kappa shape index (κ3) is 4.27. The minimum Gasteiger partial charge on any atom is -0.484 e. The summed E-state index contributed by atoms with van der Waals surface area (Å²) in [4.78, 5) is 26.2. The minimum atomic E-state index is -4.44. The van der Waals surface area contributed by atoms with Gasteiger partial charge in [-0.2, -0.15) is 13.2 Å². The highest BCUT2D eigenvalue weighted by Gasteiger charge is 2.35. The van der Waals surface area contributed by atoms with E-state index in [-0.39, 0.29) is 12.3 Å². The molecule has 0 aromatic heterocycles. The first-order chi connectivity index (χ1) is 13.3. The van der Waals surface area contributed by atoms with Gasteiger partial charge in [0.25, 0.3) is 5.91 Å². The molecule has 0 radical (unpaired) electrons. The van der Waals surface area contributed by atoms with Crippen LogP contribution in [0, 0.1) is 0 Å². The lowest BCUT2D eigenvalue weighted by atomic mass is 9.94. The maximum absolute atomic E-state index is 12.7. The fourth-order valence-corrected chi connectivity index (χ4v) is 3.10. The Balaban J connectivity index is 1.70. The van der Waals surface area contributed by atoms with Crippen molar-refractivity contribution in [1.82, 2.24) is 4.90 Å². The van der Waals surface area contributed by atoms with Gasteiger partial charge in [-0.15, -0.1) is 0 Å². The van der Waals surface area contributed by atoms with Crippen molar-refractivity contribution in [3.05, 3.63) is 65.2 Å². The zero-order chi connectivity index (χ0) is 20.3. The normalized spacial score (nSPS) is 16.3. The maximum atomic E-state index is 12.7. The molecule has 0 saturated heterocycles. The van der Waals surface area contributed by atoms with Gasteiger partial charge in [-0.05, 0) is 35.4 Å². The van der Waals surface area contributed by atoms with E-state index in [1.807, 2.05) is 24.3 Å². The lowest BCUT2D eigenvalue weighted by Crippen LogP contribution is -2.50. The van der Waals surface area contributed by atoms with Crippen molar-refractivity contribution < 1.29 is 32.2 Å². The van der Waals surface area contributed by atoms with E-state index in [9.17, 15) is 22.8 Å². The summed E-state index contributed by atoms with van der Waals surface area (Å²) in [5, 5.41) is 0. The van der Waals surface area contributed by atoms with Crippen LogP contribution in [0.5, 0.6) is 5.75 Å². The van der Waals surface area contributed by atoms with Gasteiger partial charge in [-0.1, -0.05) is 24.3 Å². The van der Waals surface area contributed by atoms with Crippen LogP contribution in [0.4, 0.5) is 13.2 Å². The van der Waals surface area contributed by atoms with E-state index in [1.54, 1.807) is 0 Å². The van der Waals surface area contributed by atoms with E-state index < -0.39 is 36.3 Å². The van der Waals surface area contributed by atoms with E-state index in [2.05, 4.69) is 0 Å². The zero-order valence-electron chi connectivity index (χ0n) is 15.0. The summed E-state index contributed by atoms with van der Waals surface area (Å²) in [6, 6.07) is 10.8. The van der Waals surface area contributed by atoms with Crippen LogP contribution in [0.2, 0.25) is 0 Å². The molecule has 0 bridgehead atoms. The fourth-order valence-electron chi connectivity index (χ4n) is 3.10. The Bertz CT molecular complexity index is 864. The summed E-state index contributed by atoms with van der Waals surface area (Å²) < 4.78 is 48.0. The molecule has 1 aliphatic heterocycles. The van der Waals surface area contributed by atoms with Crippen molar-refractivity contribution in [1.29, 1.82) is 0 Å². The number of benzene rings is 2. The maximum Gasteiger partial charge on any atom is 0.416 e. The van der Waals surface area contributed by atoms with Gasteiger partial charge >= 0.3 is 12.1 Å². The van der Waals surface area contributed by atoms with E-state index in [4.69, 9.17) is 9.47 Å². The second kappa shape index (κ2) is 7.92. The molecular formula is C20H18F3NO4. The van der Waals surface area contributed by atoms with Crippen LogP contribution in [0.15, 0.2) is 48.5 Å². The van der Waals surface area contributed by atoms with E-state index in [0.717, 1.165) is 35.4 Å². The number of fused-ring (bicyclic) bond motifs is 1. The van der Waals surface area contributed by atoms with Crippen LogP contribution in [-0.4, -0.2) is 36.5 Å². The van der Waals surface area contributed by atoms with Crippen LogP contribution >= 0.6 is 0 Å². The van der Waals surface area contributed by atoms with Gasteiger partial charge in [-0.3, -0.25) is 4.79 Å². The molecule has 1 amide bonds. The number of carbonyl (C=O) groups excluding carboxylic acids is 2. The molecule has 1 heterocycles. The molecule has 0 fully saturated rings. The SMILES string of the molecule is COC(=O)C1Cc2ccccc2CN1C(=O)COc1ccc(C(F)(F)F)cc1. The standard InChI is InChI=1S/C20H18F3NO4/c1-27-19(26)17-10-13-4-2-3-5-14(13)11-24(17)18(25)12-28-16-8-6-15(7-9-16)20(21,22)23/h2-9,17H,10-12H2,1H3. The van der Waals surface area contributed by atoms with Gasteiger partial charge in [0.15, 0.2) is 6.61 Å². The van der Waals surface area contributed by atoms with Gasteiger partial charge in [0.2, 0.25) is 0 Å². The smallest absolute Gasteiger partial charge is 0.416 e. The van der Waals surface area contributed by atoms with Crippen LogP contribution in [-0.2, 0) is 33.5 Å². The highest BCUT2D eigenvalue weighted by Crippen LogP contribution is 2.30. The molecule has 0 saturated carbocycles. The molecule has 1 aliphatic rings. The van der Waals surface area contributed by atoms with Crippen molar-refractivity contribution in [2.24, 2.45) is 0 Å². The number of alkyl halides is 3. The van der Waals surface area contributed by atoms with Crippen molar-refractivity contribution in [2.45, 2.75) is 25.2 Å². The average Bonchev–Trinajstić information content (AvgIpc) is 2.70. The number of halogens is 3. The third-order valence-electron chi connectivity index (χ3n) is 4.59. The quantitative estimate of drug-likeness (QED) is 0.749. The number of esters is 1. The van der Waals surface area contributed by atoms with Crippen LogP contribution in [0.25, 0.3) is 0 Å². The molecule has 1 atom stereocenters. The number of rotatable bonds is 4. The molecule has 0 N–H and O–H groups in total. The van der Waals surface area contributed by atoms with Gasteiger partial charge in [0.1, 0.15) is 11.8 Å². The number of hydrogen-bond donors (Lipinski definition) is 0. The Morgan fingerprint density at radius 1 is 1.07 bits per heavy atom. The minimum absolute atomic E-state index is 0.133. The molecule has 0 aliphatic carbocycles. The molecule has 3 rings (SSSR count). The number of amides is 1. The zero-order valence-corrected chi connectivity index (χ0v) is 15.0. The molecule has 1 unspecified atom stereocenters. The van der Waals surface area contributed by atoms with Crippen LogP contribution in [0.1, 0.15) is 16.7 Å². The van der Waals surface area contributed by atoms with Crippen LogP contribution in [0.3, 0.4) is 0 Å². The van der Waals surface area contributed by atoms with Crippen molar-refractivity contribution in [3.63, 3.8) is 0 Å². The van der Waals surface area contributed by atoms with Gasteiger partial charge in [-0.25, -0.2) is 4.79 Å². The first-order valence-corrected chi connectivity index (χ1v) is 8.53. The average molecular weight is 393 g/mol. The molecule has 148 valence electrons. The van der Waals surface area contributed by atoms with Gasteiger partial charge in [0, 0.05) is 13.0 Å². The third-order valence-corrected chi connectivity index (χ3v) is 4.59. The van der Waals surface area contributed by atoms with Crippen LogP contribution < -0.4 is 4.74 Å². The topological polar surface area (TPSA) is 55.8 Å². The predicted octanol–water partition coefficient (Wildman–Crippen LogP) is 3.21. The molecule has 8 heteroatoms. The van der Waals surface area contributed by atoms with Crippen molar-refractivity contribution in [3.8, 4) is 5.75 Å². The largest absolute Gasteiger partial charge is 0.484 e. The first kappa shape index (κ1) is 19.7. The highest BCUT2D eigenvalue weighted by molar-refractivity contribution is 5.86. The second-order valence-electron chi connectivity index (χ2n) is 6.34. The number of ether oxygens (including phenoxy) is 2. The Morgan fingerprint density at radius 3 is 2.32 bits per heavy atom. The highest BCUT2D eigenvalue weighted by atomic mass is 19.4. The molecule has 0 spiro atoms. The summed E-state index contributed by atoms with van der Waals surface area (Å²) in [6.45, 7) is -0.174. The number of nitrogens with zero attached hydrogens (tertiary/aromatic N) is 1. The lowest BCUT2D eigenvalue weighted by Gasteiger charge is -2.35. The van der Waals surface area contributed by atoms with Gasteiger partial charge in [0.05, 0.1) is 12.7 Å². The van der Waals surface area contributed by atoms with E-state index in [1.165, 1.54) is 12.0 Å². The number of carbonyl (C=O) groups is 2. The monoisotopic (exact) mass is 393 g/mol. The van der Waals surface area contributed by atoms with E-state index >= 15 is 0 Å². The Morgan fingerprint density at radius 2 is 1.71 bits per heavy atom. The number of methoxy groups -OCH3 is 1. The molecule has 2 aromatic carbocycles. The van der Waals surface area contributed by atoms with Crippen molar-refractivity contribution >= 4 is 11.9 Å². The first-order valence-electron chi connectivity index (χ1n) is 8.53. The summed E-state index contributed by atoms with van der Waals surface area (Å²) >= 11 is 0. The molecule has 2 aromatic rings. The Kier molecular flexibility index (Phi) is 5.58. The van der Waals surface area contributed by atoms with E-state index in [0.29, 0.717) is 6.42 Å². The summed E-state index contributed by atoms with van der Waals surface area (Å²) in [5.41, 5.74) is 1.08. The molecule has 5 nitrogen and oxygen atoms in total. The molecule has 28 heavy (non-hydrogen) atoms. The second-order valence-corrected chi connectivity index (χ2v) is 6.34. The number of hydrogen-bond acceptors (Lipinski definition) is 4. The Hall–Kier alpha value is -3.03. The Labute approximate surface area is 159 Å². The summed E-state index contributed by atoms with van der Waals surface area (Å²) in [5.74, 6) is -0.851. The predicted molar refractivity (Wildman–Crippen MR) is 93.4 cm³/mol. The fraction of sp³-hybridized carbons (Fsp3) is 0.300. The molecular weight excluding hydrogens is 375 g/mol. The van der Waals surface area contributed by atoms with Gasteiger partial charge < -0.3 is 14.4 Å². The summed E-state index contributed by atoms with van der Waals surface area (Å²) in [6.07, 6.45) is -4.11. The lowest BCUT2D eigenvalue weighted by molar-refractivity contribution is -0.154. The summed E-state index contributed by atoms with van der Waals surface area (Å²) in [7, 11) is 1.25. The van der Waals surface area contributed by atoms with Crippen molar-refractivity contribution in [2.75, 3.05) is 13.7 Å².